The van der Waals surface area contributed by atoms with Gasteiger partial charge in [0.2, 0.25) is 11.8 Å². The van der Waals surface area contributed by atoms with Crippen LogP contribution in [0.25, 0.3) is 0 Å². The van der Waals surface area contributed by atoms with Crippen LogP contribution in [0, 0.1) is 0 Å². The Hall–Kier alpha value is -4.43. The highest BCUT2D eigenvalue weighted by molar-refractivity contribution is 5.99. The third-order valence-corrected chi connectivity index (χ3v) is 5.50. The second-order valence-corrected chi connectivity index (χ2v) is 8.38. The Labute approximate surface area is 237 Å². The molecule has 11 nitrogen and oxygen atoms in total. The van der Waals surface area contributed by atoms with E-state index in [0.29, 0.717) is 23.4 Å². The standard InChI is InChI=1S/C27H36F3N9O2/c1-6-24(40)36-19-8-7-9-20(16-19)37-25(33-4)21(27(28,29)30)17-34-18-35-22-10-11-23(38-26(22)41-5)39(14-12-31-2)15-13-32-3/h6-11,16-17,31-32,35,37H,1,4,12-15,18H2,2-3,5H3,(H,36,40)/b25-21-,34-17?. The predicted molar refractivity (Wildman–Crippen MR) is 159 cm³/mol. The maximum atomic E-state index is 13.9. The van der Waals surface area contributed by atoms with Crippen LogP contribution in [0.5, 0.6) is 5.88 Å². The zero-order valence-corrected chi connectivity index (χ0v) is 23.3. The highest BCUT2D eigenvalue weighted by Crippen LogP contribution is 2.29. The summed E-state index contributed by atoms with van der Waals surface area (Å²) in [5.74, 6) is -0.0385. The van der Waals surface area contributed by atoms with E-state index in [1.165, 1.54) is 19.2 Å². The maximum absolute atomic E-state index is 13.9. The van der Waals surface area contributed by atoms with Crippen molar-refractivity contribution in [3.63, 3.8) is 0 Å². The summed E-state index contributed by atoms with van der Waals surface area (Å²) in [4.78, 5) is 25.6. The number of hydrogen-bond donors (Lipinski definition) is 5. The number of likely N-dealkylation sites (N-methyl/N-ethyl adjacent to an activating group) is 2. The minimum Gasteiger partial charge on any atom is -0.479 e. The molecule has 0 aliphatic rings. The molecule has 14 heteroatoms. The number of methoxy groups -OCH3 is 1. The number of aromatic nitrogens is 1. The number of benzene rings is 1. The van der Waals surface area contributed by atoms with Crippen molar-refractivity contribution in [1.82, 2.24) is 15.6 Å². The molecular weight excluding hydrogens is 539 g/mol. The number of hydrogen-bond acceptors (Lipinski definition) is 10. The van der Waals surface area contributed by atoms with E-state index in [2.05, 4.69) is 59.7 Å². The van der Waals surface area contributed by atoms with Crippen molar-refractivity contribution in [3.8, 4) is 5.88 Å². The van der Waals surface area contributed by atoms with E-state index in [0.717, 1.165) is 32.3 Å². The largest absolute Gasteiger partial charge is 0.479 e. The molecule has 5 N–H and O–H groups in total. The third-order valence-electron chi connectivity index (χ3n) is 5.50. The number of ether oxygens (including phenoxy) is 1. The van der Waals surface area contributed by atoms with Crippen molar-refractivity contribution in [2.24, 2.45) is 9.98 Å². The van der Waals surface area contributed by atoms with Crippen LogP contribution in [0.4, 0.5) is 36.1 Å². The summed E-state index contributed by atoms with van der Waals surface area (Å²) < 4.78 is 47.1. The molecule has 0 unspecified atom stereocenters. The Bertz CT molecular complexity index is 1220. The lowest BCUT2D eigenvalue weighted by Gasteiger charge is -2.24. The zero-order chi connectivity index (χ0) is 30.3. The first-order valence-electron chi connectivity index (χ1n) is 12.6. The number of anilines is 4. The molecule has 0 bridgehead atoms. The van der Waals surface area contributed by atoms with E-state index >= 15 is 0 Å². The van der Waals surface area contributed by atoms with E-state index in [-0.39, 0.29) is 18.2 Å². The fraction of sp³-hybridized carbons (Fsp3) is 0.333. The summed E-state index contributed by atoms with van der Waals surface area (Å²) in [5.41, 5.74) is -0.0703. The number of aliphatic imine (C=N–C) groups is 2. The smallest absolute Gasteiger partial charge is 0.421 e. The Kier molecular flexibility index (Phi) is 13.3. The number of alkyl halides is 3. The Morgan fingerprint density at radius 1 is 1.10 bits per heavy atom. The van der Waals surface area contributed by atoms with Crippen LogP contribution in [0.3, 0.4) is 0 Å². The first-order chi connectivity index (χ1) is 19.7. The highest BCUT2D eigenvalue weighted by Gasteiger charge is 2.35. The van der Waals surface area contributed by atoms with Gasteiger partial charge in [0, 0.05) is 43.8 Å². The highest BCUT2D eigenvalue weighted by atomic mass is 19.4. The van der Waals surface area contributed by atoms with Crippen LogP contribution in [-0.4, -0.2) is 84.1 Å². The number of pyridine rings is 1. The minimum atomic E-state index is -4.78. The normalized spacial score (nSPS) is 12.0. The molecule has 1 aromatic carbocycles. The summed E-state index contributed by atoms with van der Waals surface area (Å²) in [6, 6.07) is 9.63. The molecule has 0 aliphatic heterocycles. The molecule has 1 amide bonds. The summed E-state index contributed by atoms with van der Waals surface area (Å²) in [5, 5.41) is 14.3. The van der Waals surface area contributed by atoms with Gasteiger partial charge in [0.05, 0.1) is 12.8 Å². The van der Waals surface area contributed by atoms with Crippen LogP contribution in [0.2, 0.25) is 0 Å². The van der Waals surface area contributed by atoms with Gasteiger partial charge in [0.1, 0.15) is 23.9 Å². The number of nitrogens with zero attached hydrogens (tertiary/aromatic N) is 4. The summed E-state index contributed by atoms with van der Waals surface area (Å²) in [6.07, 6.45) is -3.04. The molecule has 41 heavy (non-hydrogen) atoms. The zero-order valence-electron chi connectivity index (χ0n) is 23.3. The van der Waals surface area contributed by atoms with Crippen LogP contribution in [0.1, 0.15) is 0 Å². The Morgan fingerprint density at radius 3 is 2.32 bits per heavy atom. The molecule has 0 atom stereocenters. The van der Waals surface area contributed by atoms with Gasteiger partial charge in [-0.1, -0.05) is 12.6 Å². The second kappa shape index (κ2) is 16.6. The molecule has 0 saturated heterocycles. The quantitative estimate of drug-likeness (QED) is 0.143. The van der Waals surface area contributed by atoms with Gasteiger partial charge >= 0.3 is 6.18 Å². The maximum Gasteiger partial charge on any atom is 0.421 e. The minimum absolute atomic E-state index is 0.201. The van der Waals surface area contributed by atoms with Crippen molar-refractivity contribution >= 4 is 41.7 Å². The van der Waals surface area contributed by atoms with E-state index in [9.17, 15) is 18.0 Å². The van der Waals surface area contributed by atoms with Gasteiger partial charge in [-0.15, -0.1) is 0 Å². The molecular formula is C27H36F3N9O2. The Morgan fingerprint density at radius 2 is 1.76 bits per heavy atom. The topological polar surface area (TPSA) is 127 Å². The van der Waals surface area contributed by atoms with Gasteiger partial charge in [0.15, 0.2) is 0 Å². The first-order valence-corrected chi connectivity index (χ1v) is 12.6. The molecule has 222 valence electrons. The molecule has 0 radical (unpaired) electrons. The number of rotatable bonds is 17. The van der Waals surface area contributed by atoms with E-state index < -0.39 is 23.5 Å². The molecule has 1 aromatic heterocycles. The number of nitrogens with one attached hydrogen (secondary N) is 5. The molecule has 0 spiro atoms. The fourth-order valence-corrected chi connectivity index (χ4v) is 3.46. The number of allylic oxidation sites excluding steroid dienone is 1. The van der Waals surface area contributed by atoms with Crippen molar-refractivity contribution in [3.05, 3.63) is 60.4 Å². The van der Waals surface area contributed by atoms with Crippen molar-refractivity contribution < 1.29 is 22.7 Å². The number of halogens is 3. The lowest BCUT2D eigenvalue weighted by molar-refractivity contribution is -0.111. The average Bonchev–Trinajstić information content (AvgIpc) is 2.95. The van der Waals surface area contributed by atoms with Crippen LogP contribution >= 0.6 is 0 Å². The SMILES string of the molecule is C=CC(=O)Nc1cccc(N/C(N=C)=C(/C=NCNc2ccc(N(CCNC)CCNC)nc2OC)C(F)(F)F)c1. The lowest BCUT2D eigenvalue weighted by atomic mass is 10.2. The van der Waals surface area contributed by atoms with Gasteiger partial charge in [-0.25, -0.2) is 4.99 Å². The molecule has 2 rings (SSSR count). The second-order valence-electron chi connectivity index (χ2n) is 8.38. The number of carbonyl (C=O) groups is 1. The van der Waals surface area contributed by atoms with E-state index in [1.54, 1.807) is 24.3 Å². The van der Waals surface area contributed by atoms with Crippen LogP contribution in [0.15, 0.2) is 70.4 Å². The molecule has 1 heterocycles. The van der Waals surface area contributed by atoms with Gasteiger partial charge in [-0.05, 0) is 57.2 Å². The fourth-order valence-electron chi connectivity index (χ4n) is 3.46. The molecule has 0 fully saturated rings. The van der Waals surface area contributed by atoms with Crippen molar-refractivity contribution in [2.75, 3.05) is 74.9 Å². The molecule has 0 saturated carbocycles. The third kappa shape index (κ3) is 10.6. The molecule has 0 aliphatic carbocycles. The van der Waals surface area contributed by atoms with Crippen molar-refractivity contribution in [1.29, 1.82) is 0 Å². The van der Waals surface area contributed by atoms with Gasteiger partial charge in [-0.3, -0.25) is 9.79 Å². The van der Waals surface area contributed by atoms with E-state index in [4.69, 9.17) is 4.74 Å². The number of carbonyl (C=O) groups excluding carboxylic acids is 1. The van der Waals surface area contributed by atoms with E-state index in [1.807, 2.05) is 14.1 Å². The van der Waals surface area contributed by atoms with Gasteiger partial charge in [-0.2, -0.15) is 18.2 Å². The van der Waals surface area contributed by atoms with Gasteiger partial charge in [0.25, 0.3) is 0 Å². The lowest BCUT2D eigenvalue weighted by Crippen LogP contribution is -2.36. The summed E-state index contributed by atoms with van der Waals surface area (Å²) in [7, 11) is 5.19. The van der Waals surface area contributed by atoms with Crippen LogP contribution in [-0.2, 0) is 4.79 Å². The monoisotopic (exact) mass is 575 g/mol. The average molecular weight is 576 g/mol. The summed E-state index contributed by atoms with van der Waals surface area (Å²) >= 11 is 0. The first kappa shape index (κ1) is 32.8. The summed E-state index contributed by atoms with van der Waals surface area (Å²) in [6.45, 7) is 9.39. The van der Waals surface area contributed by atoms with Crippen LogP contribution < -0.4 is 36.2 Å². The number of amides is 1. The molecule has 2 aromatic rings. The Balaban J connectivity index is 2.21. The van der Waals surface area contributed by atoms with Gasteiger partial charge < -0.3 is 36.2 Å². The predicted octanol–water partition coefficient (Wildman–Crippen LogP) is 3.49. The van der Waals surface area contributed by atoms with Crippen molar-refractivity contribution in [2.45, 2.75) is 6.18 Å².